The molecule has 0 fully saturated rings. The molecule has 0 unspecified atom stereocenters. The van der Waals surface area contributed by atoms with E-state index in [0.29, 0.717) is 27.8 Å². The molecule has 0 atom stereocenters. The highest BCUT2D eigenvalue weighted by Crippen LogP contribution is 2.28. The Hall–Kier alpha value is -3.58. The highest BCUT2D eigenvalue weighted by molar-refractivity contribution is 7.98. The van der Waals surface area contributed by atoms with Crippen LogP contribution in [0.5, 0.6) is 0 Å². The topological polar surface area (TPSA) is 76.7 Å². The van der Waals surface area contributed by atoms with Gasteiger partial charge in [-0.1, -0.05) is 47.7 Å². The predicted octanol–water partition coefficient (Wildman–Crippen LogP) is 5.59. The minimum Gasteiger partial charge on any atom is -0.441 e. The Bertz CT molecular complexity index is 1460. The zero-order chi connectivity index (χ0) is 22.2. The molecule has 0 spiro atoms. The first-order valence-corrected chi connectivity index (χ1v) is 11.3. The molecule has 0 saturated heterocycles. The van der Waals surface area contributed by atoms with Crippen molar-refractivity contribution in [3.63, 3.8) is 0 Å². The predicted molar refractivity (Wildman–Crippen MR) is 127 cm³/mol. The van der Waals surface area contributed by atoms with Gasteiger partial charge in [-0.15, -0.1) is 0 Å². The van der Waals surface area contributed by atoms with Gasteiger partial charge in [-0.3, -0.25) is 9.36 Å². The van der Waals surface area contributed by atoms with E-state index in [-0.39, 0.29) is 5.56 Å². The lowest BCUT2D eigenvalue weighted by Crippen LogP contribution is -2.21. The van der Waals surface area contributed by atoms with E-state index in [2.05, 4.69) is 9.97 Å². The first-order chi connectivity index (χ1) is 15.5. The normalized spacial score (nSPS) is 11.3. The second kappa shape index (κ2) is 8.16. The van der Waals surface area contributed by atoms with E-state index in [1.54, 1.807) is 4.57 Å². The molecule has 0 saturated carbocycles. The zero-order valence-electron chi connectivity index (χ0n) is 18.0. The molecule has 5 aromatic rings. The van der Waals surface area contributed by atoms with Crippen LogP contribution in [0.3, 0.4) is 0 Å². The molecule has 160 valence electrons. The largest absolute Gasteiger partial charge is 0.441 e. The van der Waals surface area contributed by atoms with Crippen LogP contribution < -0.4 is 5.56 Å². The van der Waals surface area contributed by atoms with Crippen LogP contribution in [0.2, 0.25) is 0 Å². The van der Waals surface area contributed by atoms with Crippen molar-refractivity contribution in [1.29, 1.82) is 0 Å². The fourth-order valence-electron chi connectivity index (χ4n) is 3.59. The Morgan fingerprint density at radius 2 is 1.75 bits per heavy atom. The third-order valence-corrected chi connectivity index (χ3v) is 6.25. The molecular weight excluding hydrogens is 420 g/mol. The fourth-order valence-corrected chi connectivity index (χ4v) is 4.61. The minimum atomic E-state index is -0.115. The second-order valence-electron chi connectivity index (χ2n) is 7.76. The maximum absolute atomic E-state index is 13.4. The average Bonchev–Trinajstić information content (AvgIpc) is 3.36. The number of aryl methyl sites for hydroxylation is 3. The van der Waals surface area contributed by atoms with Gasteiger partial charge in [-0.2, -0.15) is 0 Å². The van der Waals surface area contributed by atoms with Crippen LogP contribution in [-0.2, 0) is 5.75 Å². The van der Waals surface area contributed by atoms with E-state index in [1.807, 2.05) is 81.4 Å². The number of nitrogens with one attached hydrogen (secondary N) is 1. The third-order valence-electron chi connectivity index (χ3n) is 5.30. The molecular formula is C25H22N4O2S. The smallest absolute Gasteiger partial charge is 0.283 e. The number of rotatable bonds is 5. The number of hydrogen-bond acceptors (Lipinski definition) is 5. The Balaban J connectivity index is 1.54. The summed E-state index contributed by atoms with van der Waals surface area (Å²) in [5.74, 6) is 1.90. The molecule has 32 heavy (non-hydrogen) atoms. The summed E-state index contributed by atoms with van der Waals surface area (Å²) < 4.78 is 7.56. The van der Waals surface area contributed by atoms with Crippen molar-refractivity contribution in [2.75, 3.05) is 0 Å². The quantitative estimate of drug-likeness (QED) is 0.284. The Morgan fingerprint density at radius 1 is 1.00 bits per heavy atom. The number of nitrogens with zero attached hydrogens (tertiary/aromatic N) is 3. The summed E-state index contributed by atoms with van der Waals surface area (Å²) in [5, 5.41) is 0.619. The fraction of sp³-hybridized carbons (Fsp3) is 0.160. The molecule has 6 nitrogen and oxygen atoms in total. The number of hydrogen-bond donors (Lipinski definition) is 1. The van der Waals surface area contributed by atoms with Crippen LogP contribution in [-0.4, -0.2) is 19.5 Å². The average molecular weight is 443 g/mol. The molecule has 1 N–H and O–H groups in total. The van der Waals surface area contributed by atoms with Gasteiger partial charge in [0, 0.05) is 17.0 Å². The van der Waals surface area contributed by atoms with Crippen molar-refractivity contribution in [2.45, 2.75) is 31.7 Å². The van der Waals surface area contributed by atoms with Gasteiger partial charge in [0.25, 0.3) is 5.56 Å². The maximum Gasteiger partial charge on any atom is 0.283 e. The summed E-state index contributed by atoms with van der Waals surface area (Å²) in [6.07, 6.45) is 0. The summed E-state index contributed by atoms with van der Waals surface area (Å²) in [7, 11) is 0. The van der Waals surface area contributed by atoms with Crippen LogP contribution in [0.15, 0.2) is 75.0 Å². The van der Waals surface area contributed by atoms with Crippen molar-refractivity contribution in [3.8, 4) is 17.1 Å². The molecule has 7 heteroatoms. The standard InChI is InChI=1S/C25H22N4O2S/c1-15-9-11-19(12-10-15)29-24(30)22-20(13-16(2)26-22)28-25(29)32-14-21-17(3)31-23(27-21)18-7-5-4-6-8-18/h4-13,26H,14H2,1-3H3. The van der Waals surface area contributed by atoms with E-state index in [4.69, 9.17) is 9.40 Å². The van der Waals surface area contributed by atoms with Gasteiger partial charge in [-0.25, -0.2) is 9.97 Å². The van der Waals surface area contributed by atoms with Gasteiger partial charge in [-0.05, 0) is 51.1 Å². The van der Waals surface area contributed by atoms with Gasteiger partial charge in [0.05, 0.1) is 16.9 Å². The molecule has 0 amide bonds. The minimum absolute atomic E-state index is 0.115. The van der Waals surface area contributed by atoms with Gasteiger partial charge < -0.3 is 9.40 Å². The van der Waals surface area contributed by atoms with E-state index in [0.717, 1.165) is 34.0 Å². The first-order valence-electron chi connectivity index (χ1n) is 10.3. The van der Waals surface area contributed by atoms with Crippen molar-refractivity contribution in [1.82, 2.24) is 19.5 Å². The summed E-state index contributed by atoms with van der Waals surface area (Å²) in [6.45, 7) is 5.86. The molecule has 5 rings (SSSR count). The highest BCUT2D eigenvalue weighted by Gasteiger charge is 2.17. The number of aromatic amines is 1. The summed E-state index contributed by atoms with van der Waals surface area (Å²) in [4.78, 5) is 26.0. The van der Waals surface area contributed by atoms with Crippen LogP contribution >= 0.6 is 11.8 Å². The number of aromatic nitrogens is 4. The van der Waals surface area contributed by atoms with Crippen LogP contribution in [0, 0.1) is 20.8 Å². The van der Waals surface area contributed by atoms with E-state index in [9.17, 15) is 4.79 Å². The van der Waals surface area contributed by atoms with Crippen molar-refractivity contribution in [3.05, 3.63) is 93.7 Å². The molecule has 3 aromatic heterocycles. The summed E-state index contributed by atoms with van der Waals surface area (Å²) in [5.41, 5.74) is 5.66. The second-order valence-corrected chi connectivity index (χ2v) is 8.70. The maximum atomic E-state index is 13.4. The van der Waals surface area contributed by atoms with Crippen LogP contribution in [0.4, 0.5) is 0 Å². The molecule has 0 radical (unpaired) electrons. The van der Waals surface area contributed by atoms with Crippen molar-refractivity contribution < 1.29 is 4.42 Å². The molecule has 3 heterocycles. The highest BCUT2D eigenvalue weighted by atomic mass is 32.2. The molecule has 0 bridgehead atoms. The van der Waals surface area contributed by atoms with E-state index < -0.39 is 0 Å². The number of benzene rings is 2. The number of H-pyrrole nitrogens is 1. The van der Waals surface area contributed by atoms with Gasteiger partial charge in [0.15, 0.2) is 5.16 Å². The zero-order valence-corrected chi connectivity index (χ0v) is 18.9. The SMILES string of the molecule is Cc1ccc(-n2c(SCc3nc(-c4ccccc4)oc3C)nc3cc(C)[nH]c3c2=O)cc1. The van der Waals surface area contributed by atoms with E-state index in [1.165, 1.54) is 11.8 Å². The van der Waals surface area contributed by atoms with Gasteiger partial charge in [0.1, 0.15) is 11.3 Å². The Kier molecular flexibility index (Phi) is 5.19. The molecule has 0 aliphatic rings. The van der Waals surface area contributed by atoms with E-state index >= 15 is 0 Å². The molecule has 0 aliphatic heterocycles. The van der Waals surface area contributed by atoms with Crippen LogP contribution in [0.1, 0.15) is 22.7 Å². The van der Waals surface area contributed by atoms with Gasteiger partial charge in [0.2, 0.25) is 5.89 Å². The van der Waals surface area contributed by atoms with Gasteiger partial charge >= 0.3 is 0 Å². The summed E-state index contributed by atoms with van der Waals surface area (Å²) in [6, 6.07) is 19.6. The number of fused-ring (bicyclic) bond motifs is 1. The van der Waals surface area contributed by atoms with Crippen LogP contribution in [0.25, 0.3) is 28.2 Å². The lowest BCUT2D eigenvalue weighted by atomic mass is 10.2. The molecule has 0 aliphatic carbocycles. The first kappa shape index (κ1) is 20.3. The monoisotopic (exact) mass is 442 g/mol. The number of oxazole rings is 1. The Labute approximate surface area is 189 Å². The summed E-state index contributed by atoms with van der Waals surface area (Å²) >= 11 is 1.48. The van der Waals surface area contributed by atoms with Crippen molar-refractivity contribution in [2.24, 2.45) is 0 Å². The lowest BCUT2D eigenvalue weighted by molar-refractivity contribution is 0.540. The lowest BCUT2D eigenvalue weighted by Gasteiger charge is -2.12. The Morgan fingerprint density at radius 3 is 2.50 bits per heavy atom. The molecule has 2 aromatic carbocycles. The third kappa shape index (κ3) is 3.76. The number of thioether (sulfide) groups is 1. The van der Waals surface area contributed by atoms with Crippen molar-refractivity contribution >= 4 is 22.8 Å².